The summed E-state index contributed by atoms with van der Waals surface area (Å²) in [5.74, 6) is 0. The number of halogens is 3. The molecular formula is C24H16F3N3O2S. The average Bonchev–Trinajstić information content (AvgIpc) is 3.24. The summed E-state index contributed by atoms with van der Waals surface area (Å²) >= 11 is 1.30. The number of alkyl halides is 3. The van der Waals surface area contributed by atoms with Gasteiger partial charge in [-0.05, 0) is 43.2 Å². The second-order valence-corrected chi connectivity index (χ2v) is 8.20. The van der Waals surface area contributed by atoms with Crippen LogP contribution in [0.5, 0.6) is 0 Å². The van der Waals surface area contributed by atoms with Crippen molar-refractivity contribution in [3.8, 4) is 17.3 Å². The van der Waals surface area contributed by atoms with Crippen molar-refractivity contribution in [2.45, 2.75) is 20.0 Å². The van der Waals surface area contributed by atoms with Gasteiger partial charge in [0.2, 0.25) is 0 Å². The van der Waals surface area contributed by atoms with E-state index >= 15 is 0 Å². The number of allylic oxidation sites excluding steroid dienone is 1. The van der Waals surface area contributed by atoms with Crippen LogP contribution < -0.4 is 10.9 Å². The fraction of sp³-hybridized carbons (Fsp3) is 0.125. The van der Waals surface area contributed by atoms with Crippen molar-refractivity contribution in [2.24, 2.45) is 0 Å². The number of aromatic nitrogens is 1. The molecule has 0 saturated heterocycles. The average molecular weight is 467 g/mol. The second kappa shape index (κ2) is 8.56. The first-order chi connectivity index (χ1) is 15.7. The lowest BCUT2D eigenvalue weighted by Gasteiger charge is -2.10. The van der Waals surface area contributed by atoms with E-state index in [1.807, 2.05) is 37.4 Å². The number of fused-ring (bicyclic) bond motifs is 1. The highest BCUT2D eigenvalue weighted by Gasteiger charge is 2.33. The van der Waals surface area contributed by atoms with E-state index < -0.39 is 17.4 Å². The monoisotopic (exact) mass is 467 g/mol. The molecule has 2 aromatic carbocycles. The number of thiazole rings is 1. The number of anilines is 1. The summed E-state index contributed by atoms with van der Waals surface area (Å²) in [4.78, 5) is 16.1. The standard InChI is InChI=1S/C24H16F3N3O2S/c1-13-3-4-15(7-14(13)2)20-12-33-23(30-20)16(10-28)11-29-17-5-6-18-19(24(25,26)27)9-22(31)32-21(18)8-17/h3-9,11-12,29H,1-2H3/b16-11+. The number of nitriles is 1. The number of aryl methyl sites for hydroxylation is 2. The Morgan fingerprint density at radius 1 is 1.15 bits per heavy atom. The molecule has 0 aliphatic rings. The summed E-state index contributed by atoms with van der Waals surface area (Å²) in [6.07, 6.45) is -3.27. The molecule has 0 unspecified atom stereocenters. The van der Waals surface area contributed by atoms with Gasteiger partial charge in [-0.25, -0.2) is 9.78 Å². The predicted octanol–water partition coefficient (Wildman–Crippen LogP) is 6.53. The summed E-state index contributed by atoms with van der Waals surface area (Å²) in [6, 6.07) is 12.4. The Morgan fingerprint density at radius 2 is 1.94 bits per heavy atom. The number of hydrogen-bond donors (Lipinski definition) is 1. The molecule has 9 heteroatoms. The third-order valence-electron chi connectivity index (χ3n) is 5.09. The molecule has 1 N–H and O–H groups in total. The minimum Gasteiger partial charge on any atom is -0.423 e. The Labute approximate surface area is 190 Å². The normalized spacial score (nSPS) is 12.1. The van der Waals surface area contributed by atoms with Gasteiger partial charge in [0, 0.05) is 40.3 Å². The summed E-state index contributed by atoms with van der Waals surface area (Å²) < 4.78 is 44.5. The zero-order valence-corrected chi connectivity index (χ0v) is 18.3. The molecule has 166 valence electrons. The summed E-state index contributed by atoms with van der Waals surface area (Å²) in [6.45, 7) is 4.04. The molecule has 0 spiro atoms. The van der Waals surface area contributed by atoms with Gasteiger partial charge in [0.15, 0.2) is 0 Å². The highest BCUT2D eigenvalue weighted by Crippen LogP contribution is 2.34. The zero-order valence-electron chi connectivity index (χ0n) is 17.4. The molecule has 2 aromatic heterocycles. The fourth-order valence-electron chi connectivity index (χ4n) is 3.22. The molecule has 33 heavy (non-hydrogen) atoms. The van der Waals surface area contributed by atoms with Gasteiger partial charge in [-0.15, -0.1) is 11.3 Å². The van der Waals surface area contributed by atoms with Crippen LogP contribution in [0.15, 0.2) is 63.3 Å². The van der Waals surface area contributed by atoms with Crippen LogP contribution in [0, 0.1) is 25.2 Å². The molecule has 0 bridgehead atoms. The van der Waals surface area contributed by atoms with E-state index in [9.17, 15) is 23.2 Å². The van der Waals surface area contributed by atoms with Crippen molar-refractivity contribution in [3.63, 3.8) is 0 Å². The van der Waals surface area contributed by atoms with E-state index in [1.54, 1.807) is 0 Å². The molecule has 5 nitrogen and oxygen atoms in total. The fourth-order valence-corrected chi connectivity index (χ4v) is 4.01. The van der Waals surface area contributed by atoms with Crippen LogP contribution in [0.1, 0.15) is 21.7 Å². The first-order valence-corrected chi connectivity index (χ1v) is 10.6. The summed E-state index contributed by atoms with van der Waals surface area (Å²) in [7, 11) is 0. The van der Waals surface area contributed by atoms with E-state index in [0.717, 1.165) is 16.8 Å². The van der Waals surface area contributed by atoms with E-state index in [-0.39, 0.29) is 16.5 Å². The van der Waals surface area contributed by atoms with E-state index in [0.29, 0.717) is 16.8 Å². The molecule has 0 aliphatic heterocycles. The van der Waals surface area contributed by atoms with Gasteiger partial charge < -0.3 is 9.73 Å². The first kappa shape index (κ1) is 22.3. The first-order valence-electron chi connectivity index (χ1n) is 9.71. The summed E-state index contributed by atoms with van der Waals surface area (Å²) in [5, 5.41) is 14.6. The lowest BCUT2D eigenvalue weighted by molar-refractivity contribution is -0.136. The van der Waals surface area contributed by atoms with Crippen LogP contribution in [0.25, 0.3) is 27.8 Å². The molecule has 0 atom stereocenters. The van der Waals surface area contributed by atoms with E-state index in [1.165, 1.54) is 41.3 Å². The maximum absolute atomic E-state index is 13.2. The van der Waals surface area contributed by atoms with Crippen molar-refractivity contribution in [2.75, 3.05) is 5.32 Å². The second-order valence-electron chi connectivity index (χ2n) is 7.34. The Balaban J connectivity index is 1.63. The minimum absolute atomic E-state index is 0.210. The molecular weight excluding hydrogens is 451 g/mol. The number of hydrogen-bond acceptors (Lipinski definition) is 6. The Morgan fingerprint density at radius 3 is 2.64 bits per heavy atom. The van der Waals surface area contributed by atoms with E-state index in [2.05, 4.69) is 16.4 Å². The number of benzene rings is 2. The van der Waals surface area contributed by atoms with Crippen LogP contribution in [0.3, 0.4) is 0 Å². The minimum atomic E-state index is -4.68. The van der Waals surface area contributed by atoms with Crippen molar-refractivity contribution in [1.29, 1.82) is 5.26 Å². The highest BCUT2D eigenvalue weighted by atomic mass is 32.1. The molecule has 0 radical (unpaired) electrons. The van der Waals surface area contributed by atoms with Gasteiger partial charge in [-0.3, -0.25) is 0 Å². The smallest absolute Gasteiger partial charge is 0.417 e. The topological polar surface area (TPSA) is 78.9 Å². The number of nitrogens with zero attached hydrogens (tertiary/aromatic N) is 2. The maximum Gasteiger partial charge on any atom is 0.417 e. The Hall–Kier alpha value is -3.90. The van der Waals surface area contributed by atoms with Crippen LogP contribution in [-0.2, 0) is 6.18 Å². The molecule has 0 fully saturated rings. The van der Waals surface area contributed by atoms with Gasteiger partial charge in [-0.2, -0.15) is 18.4 Å². The molecule has 0 saturated carbocycles. The SMILES string of the molecule is Cc1ccc(-c2csc(/C(C#N)=C/Nc3ccc4c(C(F)(F)F)cc(=O)oc4c3)n2)cc1C. The van der Waals surface area contributed by atoms with E-state index in [4.69, 9.17) is 4.42 Å². The Bertz CT molecular complexity index is 1490. The third-order valence-corrected chi connectivity index (χ3v) is 5.97. The maximum atomic E-state index is 13.2. The van der Waals surface area contributed by atoms with Crippen LogP contribution >= 0.6 is 11.3 Å². The highest BCUT2D eigenvalue weighted by molar-refractivity contribution is 7.11. The predicted molar refractivity (Wildman–Crippen MR) is 122 cm³/mol. The quantitative estimate of drug-likeness (QED) is 0.273. The van der Waals surface area contributed by atoms with Crippen LogP contribution in [0.2, 0.25) is 0 Å². The van der Waals surface area contributed by atoms with Crippen molar-refractivity contribution >= 4 is 33.6 Å². The van der Waals surface area contributed by atoms with Crippen molar-refractivity contribution < 1.29 is 17.6 Å². The molecule has 4 aromatic rings. The molecule has 0 aliphatic carbocycles. The van der Waals surface area contributed by atoms with Crippen molar-refractivity contribution in [3.05, 3.63) is 86.2 Å². The number of nitrogens with one attached hydrogen (secondary N) is 1. The lowest BCUT2D eigenvalue weighted by atomic mass is 10.1. The molecule has 0 amide bonds. The van der Waals surface area contributed by atoms with Gasteiger partial charge in [0.05, 0.1) is 11.3 Å². The van der Waals surface area contributed by atoms with Crippen molar-refractivity contribution in [1.82, 2.24) is 4.98 Å². The van der Waals surface area contributed by atoms with Crippen LogP contribution in [-0.4, -0.2) is 4.98 Å². The lowest BCUT2D eigenvalue weighted by Crippen LogP contribution is -2.11. The van der Waals surface area contributed by atoms with Gasteiger partial charge in [0.1, 0.15) is 22.2 Å². The Kier molecular flexibility index (Phi) is 5.78. The molecule has 2 heterocycles. The van der Waals surface area contributed by atoms with Crippen LogP contribution in [0.4, 0.5) is 18.9 Å². The molecule has 4 rings (SSSR count). The third kappa shape index (κ3) is 4.66. The van der Waals surface area contributed by atoms with Gasteiger partial charge in [0.25, 0.3) is 0 Å². The zero-order chi connectivity index (χ0) is 23.8. The van der Waals surface area contributed by atoms with Gasteiger partial charge in [-0.1, -0.05) is 12.1 Å². The largest absolute Gasteiger partial charge is 0.423 e. The number of rotatable bonds is 4. The van der Waals surface area contributed by atoms with Gasteiger partial charge >= 0.3 is 11.8 Å². The summed E-state index contributed by atoms with van der Waals surface area (Å²) in [5.41, 5.74) is 2.22.